The Morgan fingerprint density at radius 2 is 1.95 bits per heavy atom. The molecule has 0 N–H and O–H groups in total. The predicted octanol–water partition coefficient (Wildman–Crippen LogP) is 4.61. The van der Waals surface area contributed by atoms with Crippen molar-refractivity contribution in [1.82, 2.24) is 0 Å². The molecule has 3 rings (SSSR count). The summed E-state index contributed by atoms with van der Waals surface area (Å²) >= 11 is 5.92. The standard InChI is InChI=1S/C17H15ClO2/c1-2-11-3-5-12(6-4-11)17-10-15(19)14-9-13(18)7-8-16(14)20-17/h3-9,17H,2,10H2,1H3. The number of benzene rings is 2. The van der Waals surface area contributed by atoms with E-state index in [1.165, 1.54) is 5.56 Å². The number of halogens is 1. The fourth-order valence-corrected chi connectivity index (χ4v) is 2.62. The molecule has 1 heterocycles. The van der Waals surface area contributed by atoms with E-state index in [1.54, 1.807) is 18.2 Å². The maximum Gasteiger partial charge on any atom is 0.170 e. The molecule has 1 aliphatic heterocycles. The molecule has 102 valence electrons. The van der Waals surface area contributed by atoms with E-state index < -0.39 is 0 Å². The molecule has 0 spiro atoms. The van der Waals surface area contributed by atoms with Crippen molar-refractivity contribution in [2.75, 3.05) is 0 Å². The van der Waals surface area contributed by atoms with Crippen LogP contribution in [0.1, 0.15) is 40.9 Å². The van der Waals surface area contributed by atoms with Gasteiger partial charge in [-0.15, -0.1) is 0 Å². The third kappa shape index (κ3) is 2.44. The predicted molar refractivity (Wildman–Crippen MR) is 79.6 cm³/mol. The van der Waals surface area contributed by atoms with Crippen LogP contribution in [-0.2, 0) is 6.42 Å². The molecule has 0 aromatic heterocycles. The van der Waals surface area contributed by atoms with Crippen LogP contribution in [0.3, 0.4) is 0 Å². The van der Waals surface area contributed by atoms with Gasteiger partial charge in [-0.05, 0) is 35.7 Å². The van der Waals surface area contributed by atoms with Gasteiger partial charge in [-0.25, -0.2) is 0 Å². The third-order valence-electron chi connectivity index (χ3n) is 3.64. The number of rotatable bonds is 2. The Balaban J connectivity index is 1.90. The summed E-state index contributed by atoms with van der Waals surface area (Å²) in [6, 6.07) is 13.4. The minimum absolute atomic E-state index is 0.0818. The van der Waals surface area contributed by atoms with E-state index in [4.69, 9.17) is 16.3 Å². The third-order valence-corrected chi connectivity index (χ3v) is 3.88. The number of carbonyl (C=O) groups is 1. The fraction of sp³-hybridized carbons (Fsp3) is 0.235. The summed E-state index contributed by atoms with van der Waals surface area (Å²) in [4.78, 5) is 12.2. The number of ketones is 1. The van der Waals surface area contributed by atoms with E-state index in [0.717, 1.165) is 12.0 Å². The second kappa shape index (κ2) is 5.29. The normalized spacial score (nSPS) is 17.5. The first-order valence-electron chi connectivity index (χ1n) is 6.75. The van der Waals surface area contributed by atoms with Crippen LogP contribution in [0.2, 0.25) is 5.02 Å². The monoisotopic (exact) mass is 286 g/mol. The first-order valence-corrected chi connectivity index (χ1v) is 7.13. The molecule has 0 saturated heterocycles. The van der Waals surface area contributed by atoms with E-state index in [2.05, 4.69) is 19.1 Å². The van der Waals surface area contributed by atoms with Gasteiger partial charge in [0.05, 0.1) is 12.0 Å². The maximum atomic E-state index is 12.2. The van der Waals surface area contributed by atoms with Crippen molar-refractivity contribution >= 4 is 17.4 Å². The Morgan fingerprint density at radius 3 is 2.65 bits per heavy atom. The van der Waals surface area contributed by atoms with Crippen LogP contribution in [0.4, 0.5) is 0 Å². The van der Waals surface area contributed by atoms with Gasteiger partial charge in [-0.3, -0.25) is 4.79 Å². The highest BCUT2D eigenvalue weighted by Gasteiger charge is 2.27. The number of fused-ring (bicyclic) bond motifs is 1. The largest absolute Gasteiger partial charge is 0.484 e. The summed E-state index contributed by atoms with van der Waals surface area (Å²) in [5, 5.41) is 0.562. The second-order valence-corrected chi connectivity index (χ2v) is 5.41. The summed E-state index contributed by atoms with van der Waals surface area (Å²) in [5.41, 5.74) is 2.90. The molecular formula is C17H15ClO2. The van der Waals surface area contributed by atoms with Gasteiger partial charge >= 0.3 is 0 Å². The number of hydrogen-bond donors (Lipinski definition) is 0. The van der Waals surface area contributed by atoms with Gasteiger partial charge in [0, 0.05) is 5.02 Å². The summed E-state index contributed by atoms with van der Waals surface area (Å²) < 4.78 is 5.94. The molecule has 0 aliphatic carbocycles. The van der Waals surface area contributed by atoms with Crippen molar-refractivity contribution in [2.24, 2.45) is 0 Å². The van der Waals surface area contributed by atoms with Gasteiger partial charge in [0.1, 0.15) is 11.9 Å². The molecule has 0 bridgehead atoms. The zero-order valence-electron chi connectivity index (χ0n) is 11.2. The summed E-state index contributed by atoms with van der Waals surface area (Å²) in [5.74, 6) is 0.702. The number of hydrogen-bond acceptors (Lipinski definition) is 2. The average Bonchev–Trinajstić information content (AvgIpc) is 2.48. The van der Waals surface area contributed by atoms with Gasteiger partial charge in [-0.1, -0.05) is 42.8 Å². The molecule has 2 aromatic rings. The first-order chi connectivity index (χ1) is 9.67. The highest BCUT2D eigenvalue weighted by molar-refractivity contribution is 6.31. The van der Waals surface area contributed by atoms with Crippen LogP contribution >= 0.6 is 11.6 Å². The summed E-state index contributed by atoms with van der Waals surface area (Å²) in [7, 11) is 0. The molecule has 3 heteroatoms. The molecule has 0 amide bonds. The van der Waals surface area contributed by atoms with E-state index in [-0.39, 0.29) is 11.9 Å². The number of ether oxygens (including phenoxy) is 1. The maximum absolute atomic E-state index is 12.2. The van der Waals surface area contributed by atoms with Gasteiger partial charge in [0.2, 0.25) is 0 Å². The Bertz CT molecular complexity index is 647. The van der Waals surface area contributed by atoms with Crippen LogP contribution in [0, 0.1) is 0 Å². The lowest BCUT2D eigenvalue weighted by Gasteiger charge is -2.25. The molecule has 0 saturated carbocycles. The quantitative estimate of drug-likeness (QED) is 0.806. The van der Waals surface area contributed by atoms with Crippen LogP contribution in [0.15, 0.2) is 42.5 Å². The van der Waals surface area contributed by atoms with E-state index in [9.17, 15) is 4.79 Å². The zero-order valence-corrected chi connectivity index (χ0v) is 12.0. The van der Waals surface area contributed by atoms with Crippen molar-refractivity contribution in [3.63, 3.8) is 0 Å². The Morgan fingerprint density at radius 1 is 1.20 bits per heavy atom. The molecule has 20 heavy (non-hydrogen) atoms. The molecule has 0 radical (unpaired) electrons. The van der Waals surface area contributed by atoms with Crippen LogP contribution in [0.25, 0.3) is 0 Å². The lowest BCUT2D eigenvalue weighted by Crippen LogP contribution is -2.20. The molecule has 1 unspecified atom stereocenters. The summed E-state index contributed by atoms with van der Waals surface area (Å²) in [6.07, 6.45) is 1.16. The first kappa shape index (κ1) is 13.2. The highest BCUT2D eigenvalue weighted by atomic mass is 35.5. The summed E-state index contributed by atoms with van der Waals surface area (Å²) in [6.45, 7) is 2.12. The van der Waals surface area contributed by atoms with Crippen LogP contribution in [0.5, 0.6) is 5.75 Å². The average molecular weight is 287 g/mol. The Hall–Kier alpha value is -1.80. The highest BCUT2D eigenvalue weighted by Crippen LogP contribution is 2.36. The van der Waals surface area contributed by atoms with Gasteiger partial charge in [-0.2, -0.15) is 0 Å². The van der Waals surface area contributed by atoms with Gasteiger partial charge in [0.25, 0.3) is 0 Å². The van der Waals surface area contributed by atoms with Crippen molar-refractivity contribution in [2.45, 2.75) is 25.9 Å². The van der Waals surface area contributed by atoms with Crippen LogP contribution in [-0.4, -0.2) is 5.78 Å². The van der Waals surface area contributed by atoms with E-state index in [1.807, 2.05) is 12.1 Å². The van der Waals surface area contributed by atoms with E-state index in [0.29, 0.717) is 22.8 Å². The molecule has 1 aliphatic rings. The Labute approximate surface area is 123 Å². The minimum Gasteiger partial charge on any atom is -0.484 e. The molecule has 0 fully saturated rings. The van der Waals surface area contributed by atoms with Crippen molar-refractivity contribution in [3.05, 3.63) is 64.2 Å². The lowest BCUT2D eigenvalue weighted by molar-refractivity contribution is 0.0850. The number of carbonyl (C=O) groups excluding carboxylic acids is 1. The molecule has 2 aromatic carbocycles. The molecule has 2 nitrogen and oxygen atoms in total. The van der Waals surface area contributed by atoms with Crippen molar-refractivity contribution < 1.29 is 9.53 Å². The van der Waals surface area contributed by atoms with Crippen molar-refractivity contribution in [3.8, 4) is 5.75 Å². The smallest absolute Gasteiger partial charge is 0.170 e. The van der Waals surface area contributed by atoms with Gasteiger partial charge < -0.3 is 4.74 Å². The number of Topliss-reactive ketones (excluding diaryl/α,β-unsaturated/α-hetero) is 1. The van der Waals surface area contributed by atoms with Gasteiger partial charge in [0.15, 0.2) is 5.78 Å². The number of aryl methyl sites for hydroxylation is 1. The SMILES string of the molecule is CCc1ccc(C2CC(=O)c3cc(Cl)ccc3O2)cc1. The van der Waals surface area contributed by atoms with Crippen LogP contribution < -0.4 is 4.74 Å². The topological polar surface area (TPSA) is 26.3 Å². The zero-order chi connectivity index (χ0) is 14.1. The lowest BCUT2D eigenvalue weighted by atomic mass is 9.95. The molecule has 1 atom stereocenters. The minimum atomic E-state index is -0.206. The van der Waals surface area contributed by atoms with Crippen molar-refractivity contribution in [1.29, 1.82) is 0 Å². The second-order valence-electron chi connectivity index (χ2n) is 4.97. The van der Waals surface area contributed by atoms with E-state index >= 15 is 0 Å². The molecular weight excluding hydrogens is 272 g/mol. The Kier molecular flexibility index (Phi) is 3.49. The fourth-order valence-electron chi connectivity index (χ4n) is 2.45.